The Morgan fingerprint density at radius 2 is 1.70 bits per heavy atom. The standard InChI is InChI=1S/C24H33F5N2O5S/c1-22(2,21(32)33)14-36-19-12-20-18(11-17(19)24(27,28)29)31(15-7-5-6-8-15)13-16(9-10-23(3,25)26)30(4)37(20,34)35/h11-12,15-16H,5-10,13-14H2,1-4H3,(H,32,33)/t16-/m1/s1. The number of benzene rings is 1. The van der Waals surface area contributed by atoms with Gasteiger partial charge in [0.05, 0.1) is 16.7 Å². The minimum Gasteiger partial charge on any atom is -0.492 e. The summed E-state index contributed by atoms with van der Waals surface area (Å²) in [5, 5.41) is 9.32. The summed E-state index contributed by atoms with van der Waals surface area (Å²) < 4.78 is 103. The molecular formula is C24H33F5N2O5S. The van der Waals surface area contributed by atoms with Gasteiger partial charge in [-0.05, 0) is 46.1 Å². The van der Waals surface area contributed by atoms with Crippen LogP contribution in [0, 0.1) is 5.41 Å². The van der Waals surface area contributed by atoms with Gasteiger partial charge in [-0.25, -0.2) is 17.2 Å². The van der Waals surface area contributed by atoms with E-state index in [4.69, 9.17) is 4.74 Å². The third-order valence-corrected chi connectivity index (χ3v) is 9.04. The van der Waals surface area contributed by atoms with Gasteiger partial charge in [-0.3, -0.25) is 4.79 Å². The first-order chi connectivity index (χ1) is 16.8. The molecule has 37 heavy (non-hydrogen) atoms. The van der Waals surface area contributed by atoms with Crippen LogP contribution in [0.3, 0.4) is 0 Å². The number of anilines is 1. The van der Waals surface area contributed by atoms with Gasteiger partial charge in [-0.15, -0.1) is 0 Å². The first kappa shape index (κ1) is 29.4. The van der Waals surface area contributed by atoms with Crippen LogP contribution in [0.5, 0.6) is 5.75 Å². The number of hydrogen-bond donors (Lipinski definition) is 1. The molecule has 0 amide bonds. The van der Waals surface area contributed by atoms with E-state index in [0.717, 1.165) is 36.2 Å². The molecule has 1 aromatic carbocycles. The van der Waals surface area contributed by atoms with Crippen molar-refractivity contribution in [2.45, 2.75) is 88.4 Å². The highest BCUT2D eigenvalue weighted by Crippen LogP contribution is 2.46. The number of halogens is 5. The summed E-state index contributed by atoms with van der Waals surface area (Å²) in [6.45, 7) is 2.60. The normalized spacial score (nSPS) is 21.5. The summed E-state index contributed by atoms with van der Waals surface area (Å²) in [6, 6.07) is 0.386. The van der Waals surface area contributed by atoms with Gasteiger partial charge < -0.3 is 14.7 Å². The molecule has 1 aliphatic heterocycles. The summed E-state index contributed by atoms with van der Waals surface area (Å²) in [7, 11) is -3.17. The fourth-order valence-corrected chi connectivity index (χ4v) is 6.26. The predicted octanol–water partition coefficient (Wildman–Crippen LogP) is 5.38. The smallest absolute Gasteiger partial charge is 0.420 e. The minimum absolute atomic E-state index is 0.0347. The molecule has 0 saturated heterocycles. The SMILES string of the molecule is CN1[C@H](CCC(C)(F)F)CN(C2CCCC2)c2cc(C(F)(F)F)c(OCC(C)(C)C(=O)O)cc2S1(=O)=O. The molecule has 1 atom stereocenters. The van der Waals surface area contributed by atoms with Crippen molar-refractivity contribution in [3.05, 3.63) is 17.7 Å². The zero-order valence-corrected chi connectivity index (χ0v) is 22.1. The highest BCUT2D eigenvalue weighted by Gasteiger charge is 2.44. The molecular weight excluding hydrogens is 523 g/mol. The van der Waals surface area contributed by atoms with Gasteiger partial charge in [-0.2, -0.15) is 17.5 Å². The van der Waals surface area contributed by atoms with Crippen molar-refractivity contribution in [3.63, 3.8) is 0 Å². The zero-order chi connectivity index (χ0) is 28.0. The Labute approximate surface area is 213 Å². The van der Waals surface area contributed by atoms with Crippen molar-refractivity contribution in [2.75, 3.05) is 25.1 Å². The lowest BCUT2D eigenvalue weighted by molar-refractivity contribution is -0.148. The number of ether oxygens (including phenoxy) is 1. The molecule has 2 aliphatic rings. The van der Waals surface area contributed by atoms with Gasteiger partial charge >= 0.3 is 12.1 Å². The maximum atomic E-state index is 14.1. The van der Waals surface area contributed by atoms with E-state index in [0.29, 0.717) is 12.8 Å². The third-order valence-electron chi connectivity index (χ3n) is 7.10. The number of fused-ring (bicyclic) bond motifs is 1. The summed E-state index contributed by atoms with van der Waals surface area (Å²) in [5.74, 6) is -5.14. The lowest BCUT2D eigenvalue weighted by Crippen LogP contribution is -2.45. The van der Waals surface area contributed by atoms with Crippen LogP contribution < -0.4 is 9.64 Å². The van der Waals surface area contributed by atoms with E-state index in [-0.39, 0.29) is 24.7 Å². The highest BCUT2D eigenvalue weighted by molar-refractivity contribution is 7.89. The molecule has 1 fully saturated rings. The number of carboxylic acid groups (broad SMARTS) is 1. The van der Waals surface area contributed by atoms with Crippen LogP contribution in [0.4, 0.5) is 27.6 Å². The molecule has 1 saturated carbocycles. The van der Waals surface area contributed by atoms with Gasteiger partial charge in [0.25, 0.3) is 0 Å². The van der Waals surface area contributed by atoms with Crippen molar-refractivity contribution in [3.8, 4) is 5.75 Å². The van der Waals surface area contributed by atoms with Crippen molar-refractivity contribution in [1.82, 2.24) is 4.31 Å². The molecule has 0 bridgehead atoms. The summed E-state index contributed by atoms with van der Waals surface area (Å²) in [6.07, 6.45) is -2.80. The van der Waals surface area contributed by atoms with Crippen LogP contribution >= 0.6 is 0 Å². The molecule has 0 unspecified atom stereocenters. The van der Waals surface area contributed by atoms with E-state index in [1.165, 1.54) is 20.9 Å². The molecule has 0 aromatic heterocycles. The molecule has 1 aliphatic carbocycles. The zero-order valence-electron chi connectivity index (χ0n) is 21.2. The highest BCUT2D eigenvalue weighted by atomic mass is 32.2. The van der Waals surface area contributed by atoms with Gasteiger partial charge in [0, 0.05) is 38.2 Å². The van der Waals surface area contributed by atoms with E-state index < -0.39 is 68.8 Å². The number of nitrogens with zero attached hydrogens (tertiary/aromatic N) is 2. The van der Waals surface area contributed by atoms with Crippen LogP contribution in [0.15, 0.2) is 17.0 Å². The Morgan fingerprint density at radius 1 is 1.11 bits per heavy atom. The third kappa shape index (κ3) is 6.47. The average Bonchev–Trinajstić information content (AvgIpc) is 3.27. The quantitative estimate of drug-likeness (QED) is 0.433. The molecule has 13 heteroatoms. The number of hydrogen-bond acceptors (Lipinski definition) is 5. The first-order valence-corrected chi connectivity index (χ1v) is 13.5. The topological polar surface area (TPSA) is 87.2 Å². The predicted molar refractivity (Wildman–Crippen MR) is 127 cm³/mol. The molecule has 210 valence electrons. The number of carbonyl (C=O) groups is 1. The fourth-order valence-electron chi connectivity index (χ4n) is 4.69. The van der Waals surface area contributed by atoms with E-state index in [9.17, 15) is 40.3 Å². The molecule has 3 rings (SSSR count). The van der Waals surface area contributed by atoms with E-state index >= 15 is 0 Å². The summed E-state index contributed by atoms with van der Waals surface area (Å²) in [5.41, 5.74) is -2.92. The summed E-state index contributed by atoms with van der Waals surface area (Å²) >= 11 is 0. The molecule has 0 radical (unpaired) electrons. The molecule has 1 N–H and O–H groups in total. The average molecular weight is 557 g/mol. The van der Waals surface area contributed by atoms with Crippen LogP contribution in [0.1, 0.15) is 64.9 Å². The summed E-state index contributed by atoms with van der Waals surface area (Å²) in [4.78, 5) is 12.6. The Hall–Kier alpha value is -2.15. The van der Waals surface area contributed by atoms with Gasteiger partial charge in [0.15, 0.2) is 0 Å². The fraction of sp³-hybridized carbons (Fsp3) is 0.708. The number of alkyl halides is 5. The lowest BCUT2D eigenvalue weighted by Gasteiger charge is -2.34. The van der Waals surface area contributed by atoms with Crippen molar-refractivity contribution >= 4 is 21.7 Å². The van der Waals surface area contributed by atoms with Crippen LogP contribution in [-0.2, 0) is 21.0 Å². The first-order valence-electron chi connectivity index (χ1n) is 12.1. The molecule has 1 heterocycles. The Balaban J connectivity index is 2.18. The number of carboxylic acids is 1. The van der Waals surface area contributed by atoms with Crippen LogP contribution in [0.2, 0.25) is 0 Å². The van der Waals surface area contributed by atoms with E-state index in [1.54, 1.807) is 4.90 Å². The second kappa shape index (κ2) is 10.2. The van der Waals surface area contributed by atoms with Gasteiger partial charge in [0.2, 0.25) is 15.9 Å². The number of likely N-dealkylation sites (N-methyl/N-ethyl adjacent to an activating group) is 1. The molecule has 1 aromatic rings. The Morgan fingerprint density at radius 3 is 2.22 bits per heavy atom. The number of sulfonamides is 1. The van der Waals surface area contributed by atoms with Crippen LogP contribution in [0.25, 0.3) is 0 Å². The maximum Gasteiger partial charge on any atom is 0.420 e. The van der Waals surface area contributed by atoms with Crippen LogP contribution in [-0.4, -0.2) is 62.0 Å². The number of rotatable bonds is 8. The molecule has 7 nitrogen and oxygen atoms in total. The maximum absolute atomic E-state index is 14.1. The van der Waals surface area contributed by atoms with Gasteiger partial charge in [-0.1, -0.05) is 12.8 Å². The van der Waals surface area contributed by atoms with E-state index in [1.807, 2.05) is 0 Å². The molecule has 0 spiro atoms. The minimum atomic E-state index is -4.93. The monoisotopic (exact) mass is 556 g/mol. The second-order valence-electron chi connectivity index (χ2n) is 10.7. The Bertz CT molecular complexity index is 1110. The van der Waals surface area contributed by atoms with Crippen molar-refractivity contribution in [1.29, 1.82) is 0 Å². The largest absolute Gasteiger partial charge is 0.492 e. The van der Waals surface area contributed by atoms with Crippen molar-refractivity contribution < 1.29 is 45.0 Å². The van der Waals surface area contributed by atoms with E-state index in [2.05, 4.69) is 0 Å². The number of aliphatic carboxylic acids is 1. The van der Waals surface area contributed by atoms with Crippen molar-refractivity contribution in [2.24, 2.45) is 5.41 Å². The lowest BCUT2D eigenvalue weighted by atomic mass is 9.95. The Kier molecular flexibility index (Phi) is 8.10. The van der Waals surface area contributed by atoms with Gasteiger partial charge in [0.1, 0.15) is 17.3 Å². The second-order valence-corrected chi connectivity index (χ2v) is 12.6.